The third kappa shape index (κ3) is 2.89. The Kier molecular flexibility index (Phi) is 4.13. The van der Waals surface area contributed by atoms with E-state index in [9.17, 15) is 0 Å². The standard InChI is InChI=1S/C18H25N3/c1-14(15-7-5-4-6-8-15)18-17-10-9-16(13-20(2)3)21(17)12-11-19-18/h4-10,14,18-19H,11-13H2,1-3H3. The summed E-state index contributed by atoms with van der Waals surface area (Å²) >= 11 is 0. The van der Waals surface area contributed by atoms with E-state index in [0.717, 1.165) is 19.6 Å². The molecule has 0 aliphatic carbocycles. The van der Waals surface area contributed by atoms with Crippen LogP contribution >= 0.6 is 0 Å². The van der Waals surface area contributed by atoms with Gasteiger partial charge in [0.15, 0.2) is 0 Å². The molecule has 0 spiro atoms. The third-order valence-corrected chi connectivity index (χ3v) is 4.43. The molecular weight excluding hydrogens is 258 g/mol. The van der Waals surface area contributed by atoms with Gasteiger partial charge < -0.3 is 14.8 Å². The van der Waals surface area contributed by atoms with Gasteiger partial charge in [-0.1, -0.05) is 37.3 Å². The number of rotatable bonds is 4. The Morgan fingerprint density at radius 2 is 1.95 bits per heavy atom. The number of benzene rings is 1. The predicted octanol–water partition coefficient (Wildman–Crippen LogP) is 3.00. The molecule has 1 aromatic carbocycles. The summed E-state index contributed by atoms with van der Waals surface area (Å²) in [4.78, 5) is 2.24. The van der Waals surface area contributed by atoms with Crippen LogP contribution in [0.2, 0.25) is 0 Å². The molecule has 0 radical (unpaired) electrons. The molecule has 21 heavy (non-hydrogen) atoms. The van der Waals surface area contributed by atoms with Gasteiger partial charge in [0.1, 0.15) is 0 Å². The van der Waals surface area contributed by atoms with Gasteiger partial charge in [-0.25, -0.2) is 0 Å². The number of nitrogens with zero attached hydrogens (tertiary/aromatic N) is 2. The fraction of sp³-hybridized carbons (Fsp3) is 0.444. The Bertz CT molecular complexity index is 586. The maximum atomic E-state index is 3.71. The number of fused-ring (bicyclic) bond motifs is 1. The zero-order valence-corrected chi connectivity index (χ0v) is 13.2. The summed E-state index contributed by atoms with van der Waals surface area (Å²) in [6.07, 6.45) is 0. The van der Waals surface area contributed by atoms with Crippen LogP contribution in [0.5, 0.6) is 0 Å². The predicted molar refractivity (Wildman–Crippen MR) is 87.4 cm³/mol. The molecule has 0 saturated carbocycles. The van der Waals surface area contributed by atoms with Crippen LogP contribution in [0.4, 0.5) is 0 Å². The smallest absolute Gasteiger partial charge is 0.0542 e. The van der Waals surface area contributed by atoms with E-state index in [1.165, 1.54) is 17.0 Å². The van der Waals surface area contributed by atoms with E-state index in [-0.39, 0.29) is 0 Å². The van der Waals surface area contributed by atoms with E-state index in [0.29, 0.717) is 12.0 Å². The molecule has 1 aliphatic heterocycles. The molecule has 2 unspecified atom stereocenters. The molecule has 2 heterocycles. The lowest BCUT2D eigenvalue weighted by atomic mass is 9.90. The minimum absolute atomic E-state index is 0.400. The number of hydrogen-bond donors (Lipinski definition) is 1. The van der Waals surface area contributed by atoms with Gasteiger partial charge in [0.05, 0.1) is 6.04 Å². The normalized spacial score (nSPS) is 19.5. The van der Waals surface area contributed by atoms with Crippen molar-refractivity contribution >= 4 is 0 Å². The van der Waals surface area contributed by atoms with Gasteiger partial charge in [0, 0.05) is 36.9 Å². The van der Waals surface area contributed by atoms with Crippen LogP contribution < -0.4 is 5.32 Å². The first-order valence-corrected chi connectivity index (χ1v) is 7.78. The molecule has 0 bridgehead atoms. The second kappa shape index (κ2) is 6.04. The molecule has 3 nitrogen and oxygen atoms in total. The number of hydrogen-bond acceptors (Lipinski definition) is 2. The van der Waals surface area contributed by atoms with E-state index < -0.39 is 0 Å². The lowest BCUT2D eigenvalue weighted by Gasteiger charge is -2.32. The van der Waals surface area contributed by atoms with Gasteiger partial charge in [-0.2, -0.15) is 0 Å². The zero-order valence-electron chi connectivity index (χ0n) is 13.2. The quantitative estimate of drug-likeness (QED) is 0.931. The fourth-order valence-corrected chi connectivity index (χ4v) is 3.35. The molecule has 0 fully saturated rings. The average Bonchev–Trinajstić information content (AvgIpc) is 2.90. The van der Waals surface area contributed by atoms with Crippen molar-refractivity contribution in [3.8, 4) is 0 Å². The molecule has 3 heteroatoms. The van der Waals surface area contributed by atoms with Crippen molar-refractivity contribution in [2.24, 2.45) is 0 Å². The summed E-state index contributed by atoms with van der Waals surface area (Å²) in [5.74, 6) is 0.479. The summed E-state index contributed by atoms with van der Waals surface area (Å²) in [5.41, 5.74) is 4.25. The maximum absolute atomic E-state index is 3.71. The maximum Gasteiger partial charge on any atom is 0.0542 e. The van der Waals surface area contributed by atoms with Gasteiger partial charge in [-0.15, -0.1) is 0 Å². The van der Waals surface area contributed by atoms with Crippen LogP contribution in [0.25, 0.3) is 0 Å². The van der Waals surface area contributed by atoms with Gasteiger partial charge in [0.2, 0.25) is 0 Å². The molecular formula is C18H25N3. The highest BCUT2D eigenvalue weighted by molar-refractivity contribution is 5.28. The van der Waals surface area contributed by atoms with Crippen LogP contribution in [0.1, 0.15) is 35.8 Å². The van der Waals surface area contributed by atoms with Gasteiger partial charge in [-0.05, 0) is 31.8 Å². The topological polar surface area (TPSA) is 20.2 Å². The van der Waals surface area contributed by atoms with E-state index in [2.05, 4.69) is 78.3 Å². The van der Waals surface area contributed by atoms with Crippen molar-refractivity contribution in [1.82, 2.24) is 14.8 Å². The Balaban J connectivity index is 1.89. The molecule has 112 valence electrons. The van der Waals surface area contributed by atoms with Crippen molar-refractivity contribution in [2.45, 2.75) is 32.0 Å². The van der Waals surface area contributed by atoms with Crippen LogP contribution in [0.3, 0.4) is 0 Å². The van der Waals surface area contributed by atoms with Crippen molar-refractivity contribution in [1.29, 1.82) is 0 Å². The fourth-order valence-electron chi connectivity index (χ4n) is 3.35. The highest BCUT2D eigenvalue weighted by atomic mass is 15.1. The first-order valence-electron chi connectivity index (χ1n) is 7.78. The number of aromatic nitrogens is 1. The molecule has 0 saturated heterocycles. The molecule has 0 amide bonds. The summed E-state index contributed by atoms with van der Waals surface area (Å²) in [6, 6.07) is 15.8. The van der Waals surface area contributed by atoms with Gasteiger partial charge in [0.25, 0.3) is 0 Å². The SMILES string of the molecule is CC(c1ccccc1)C1NCCn2c(CN(C)C)ccc21. The summed E-state index contributed by atoms with van der Waals surface area (Å²) in [5, 5.41) is 3.71. The Morgan fingerprint density at radius 1 is 1.19 bits per heavy atom. The molecule has 1 aromatic heterocycles. The van der Waals surface area contributed by atoms with E-state index >= 15 is 0 Å². The van der Waals surface area contributed by atoms with E-state index in [4.69, 9.17) is 0 Å². The highest BCUT2D eigenvalue weighted by Crippen LogP contribution is 2.33. The van der Waals surface area contributed by atoms with Crippen LogP contribution in [0.15, 0.2) is 42.5 Å². The molecule has 3 rings (SSSR count). The van der Waals surface area contributed by atoms with Gasteiger partial charge in [-0.3, -0.25) is 0 Å². The second-order valence-electron chi connectivity index (χ2n) is 6.27. The average molecular weight is 283 g/mol. The Morgan fingerprint density at radius 3 is 2.67 bits per heavy atom. The lowest BCUT2D eigenvalue weighted by molar-refractivity contribution is 0.352. The lowest BCUT2D eigenvalue weighted by Crippen LogP contribution is -2.36. The molecule has 1 aliphatic rings. The van der Waals surface area contributed by atoms with E-state index in [1.807, 2.05) is 0 Å². The van der Waals surface area contributed by atoms with Crippen LogP contribution in [-0.2, 0) is 13.1 Å². The first kappa shape index (κ1) is 14.4. The zero-order chi connectivity index (χ0) is 14.8. The highest BCUT2D eigenvalue weighted by Gasteiger charge is 2.27. The molecule has 1 N–H and O–H groups in total. The molecule has 2 atom stereocenters. The van der Waals surface area contributed by atoms with Crippen LogP contribution in [0, 0.1) is 0 Å². The number of nitrogens with one attached hydrogen (secondary N) is 1. The monoisotopic (exact) mass is 283 g/mol. The Hall–Kier alpha value is -1.58. The summed E-state index contributed by atoms with van der Waals surface area (Å²) in [7, 11) is 4.26. The summed E-state index contributed by atoms with van der Waals surface area (Å²) < 4.78 is 2.50. The first-order chi connectivity index (χ1) is 10.2. The Labute approximate surface area is 127 Å². The summed E-state index contributed by atoms with van der Waals surface area (Å²) in [6.45, 7) is 5.45. The van der Waals surface area contributed by atoms with Crippen molar-refractivity contribution in [3.63, 3.8) is 0 Å². The van der Waals surface area contributed by atoms with Crippen molar-refractivity contribution < 1.29 is 0 Å². The van der Waals surface area contributed by atoms with Crippen LogP contribution in [-0.4, -0.2) is 30.1 Å². The minimum atomic E-state index is 0.400. The minimum Gasteiger partial charge on any atom is -0.345 e. The molecule has 2 aromatic rings. The van der Waals surface area contributed by atoms with Gasteiger partial charge >= 0.3 is 0 Å². The second-order valence-corrected chi connectivity index (χ2v) is 6.27. The van der Waals surface area contributed by atoms with Crippen molar-refractivity contribution in [3.05, 3.63) is 59.4 Å². The van der Waals surface area contributed by atoms with E-state index in [1.54, 1.807) is 0 Å². The third-order valence-electron chi connectivity index (χ3n) is 4.43. The van der Waals surface area contributed by atoms with Crippen molar-refractivity contribution in [2.75, 3.05) is 20.6 Å². The largest absolute Gasteiger partial charge is 0.345 e.